The second-order valence-corrected chi connectivity index (χ2v) is 4.19. The molecule has 0 aromatic carbocycles. The summed E-state index contributed by atoms with van der Waals surface area (Å²) in [5, 5.41) is 3.21. The third kappa shape index (κ3) is 1.99. The van der Waals surface area contributed by atoms with Crippen LogP contribution in [0.2, 0.25) is 0 Å². The van der Waals surface area contributed by atoms with Gasteiger partial charge in [0.15, 0.2) is 0 Å². The average molecular weight is 258 g/mol. The molecule has 14 heavy (non-hydrogen) atoms. The number of amides is 1. The van der Waals surface area contributed by atoms with E-state index in [-0.39, 0.29) is 5.91 Å². The fourth-order valence-corrected chi connectivity index (χ4v) is 1.87. The SMILES string of the molecule is O=C(c1cc(Br)c[nH]1)N1CCNCC1. The Bertz CT molecular complexity index is 331. The van der Waals surface area contributed by atoms with Crippen molar-refractivity contribution in [1.82, 2.24) is 15.2 Å². The maximum Gasteiger partial charge on any atom is 0.270 e. The molecule has 1 aromatic heterocycles. The number of hydrogen-bond acceptors (Lipinski definition) is 2. The first-order valence-electron chi connectivity index (χ1n) is 4.61. The van der Waals surface area contributed by atoms with Gasteiger partial charge in [0.1, 0.15) is 5.69 Å². The van der Waals surface area contributed by atoms with E-state index in [2.05, 4.69) is 26.2 Å². The Kier molecular flexibility index (Phi) is 2.88. The Labute approximate surface area is 90.8 Å². The largest absolute Gasteiger partial charge is 0.356 e. The Hall–Kier alpha value is -0.810. The average Bonchev–Trinajstić information content (AvgIpc) is 2.65. The number of aromatic nitrogens is 1. The van der Waals surface area contributed by atoms with Crippen LogP contribution in [0.3, 0.4) is 0 Å². The number of carbonyl (C=O) groups is 1. The second kappa shape index (κ2) is 4.14. The van der Waals surface area contributed by atoms with Gasteiger partial charge in [-0.3, -0.25) is 4.79 Å². The van der Waals surface area contributed by atoms with Crippen molar-refractivity contribution in [3.05, 3.63) is 22.4 Å². The van der Waals surface area contributed by atoms with Crippen LogP contribution in [0.1, 0.15) is 10.5 Å². The normalized spacial score (nSPS) is 17.1. The molecule has 1 amide bonds. The number of carbonyl (C=O) groups excluding carboxylic acids is 1. The van der Waals surface area contributed by atoms with E-state index in [1.807, 2.05) is 11.0 Å². The summed E-state index contributed by atoms with van der Waals surface area (Å²) in [5.41, 5.74) is 0.652. The van der Waals surface area contributed by atoms with E-state index in [0.29, 0.717) is 5.69 Å². The number of halogens is 1. The van der Waals surface area contributed by atoms with Gasteiger partial charge < -0.3 is 15.2 Å². The van der Waals surface area contributed by atoms with Gasteiger partial charge in [-0.05, 0) is 22.0 Å². The molecule has 2 N–H and O–H groups in total. The Morgan fingerprint density at radius 1 is 1.43 bits per heavy atom. The first-order chi connectivity index (χ1) is 6.77. The number of nitrogens with zero attached hydrogens (tertiary/aromatic N) is 1. The van der Waals surface area contributed by atoms with Crippen molar-refractivity contribution in [2.24, 2.45) is 0 Å². The molecule has 5 heteroatoms. The third-order valence-electron chi connectivity index (χ3n) is 2.28. The lowest BCUT2D eigenvalue weighted by Crippen LogP contribution is -2.46. The van der Waals surface area contributed by atoms with Crippen LogP contribution < -0.4 is 5.32 Å². The summed E-state index contributed by atoms with van der Waals surface area (Å²) in [5.74, 6) is 0.0807. The number of nitrogens with one attached hydrogen (secondary N) is 2. The van der Waals surface area contributed by atoms with Crippen molar-refractivity contribution in [2.75, 3.05) is 26.2 Å². The van der Waals surface area contributed by atoms with Crippen LogP contribution in [0.5, 0.6) is 0 Å². The van der Waals surface area contributed by atoms with Gasteiger partial charge in [-0.25, -0.2) is 0 Å². The van der Waals surface area contributed by atoms with Crippen LogP contribution >= 0.6 is 15.9 Å². The number of aromatic amines is 1. The van der Waals surface area contributed by atoms with E-state index in [1.165, 1.54) is 0 Å². The molecule has 1 aliphatic rings. The van der Waals surface area contributed by atoms with Gasteiger partial charge in [0.2, 0.25) is 0 Å². The van der Waals surface area contributed by atoms with Gasteiger partial charge in [-0.2, -0.15) is 0 Å². The second-order valence-electron chi connectivity index (χ2n) is 3.27. The Balaban J connectivity index is 2.07. The van der Waals surface area contributed by atoms with Gasteiger partial charge in [-0.1, -0.05) is 0 Å². The fourth-order valence-electron chi connectivity index (χ4n) is 1.53. The first kappa shape index (κ1) is 9.73. The molecule has 0 unspecified atom stereocenters. The number of H-pyrrole nitrogens is 1. The van der Waals surface area contributed by atoms with Crippen LogP contribution in [0.4, 0.5) is 0 Å². The highest BCUT2D eigenvalue weighted by Gasteiger charge is 2.18. The minimum atomic E-state index is 0.0807. The molecule has 0 atom stereocenters. The monoisotopic (exact) mass is 257 g/mol. The maximum absolute atomic E-state index is 11.9. The molecule has 1 aliphatic heterocycles. The van der Waals surface area contributed by atoms with Crippen LogP contribution in [0, 0.1) is 0 Å². The molecule has 0 bridgehead atoms. The predicted octanol–water partition coefficient (Wildman–Crippen LogP) is 0.823. The molecule has 0 saturated carbocycles. The predicted molar refractivity (Wildman–Crippen MR) is 57.3 cm³/mol. The zero-order valence-electron chi connectivity index (χ0n) is 7.72. The molecule has 2 heterocycles. The fraction of sp³-hybridized carbons (Fsp3) is 0.444. The molecular formula is C9H12BrN3O. The summed E-state index contributed by atoms with van der Waals surface area (Å²) in [6.07, 6.45) is 1.77. The lowest BCUT2D eigenvalue weighted by atomic mass is 10.3. The number of rotatable bonds is 1. The van der Waals surface area contributed by atoms with Crippen molar-refractivity contribution in [2.45, 2.75) is 0 Å². The van der Waals surface area contributed by atoms with Gasteiger partial charge in [0.05, 0.1) is 0 Å². The summed E-state index contributed by atoms with van der Waals surface area (Å²) in [7, 11) is 0. The molecule has 0 spiro atoms. The number of hydrogen-bond donors (Lipinski definition) is 2. The Morgan fingerprint density at radius 3 is 2.71 bits per heavy atom. The highest BCUT2D eigenvalue weighted by Crippen LogP contribution is 2.12. The lowest BCUT2D eigenvalue weighted by Gasteiger charge is -2.26. The van der Waals surface area contributed by atoms with Gasteiger partial charge in [0, 0.05) is 36.8 Å². The summed E-state index contributed by atoms with van der Waals surface area (Å²) < 4.78 is 0.913. The maximum atomic E-state index is 11.9. The topological polar surface area (TPSA) is 48.1 Å². The number of piperazine rings is 1. The molecule has 4 nitrogen and oxygen atoms in total. The minimum absolute atomic E-state index is 0.0807. The lowest BCUT2D eigenvalue weighted by molar-refractivity contribution is 0.0730. The van der Waals surface area contributed by atoms with Crippen molar-refractivity contribution >= 4 is 21.8 Å². The van der Waals surface area contributed by atoms with E-state index in [1.54, 1.807) is 6.20 Å². The molecule has 2 rings (SSSR count). The first-order valence-corrected chi connectivity index (χ1v) is 5.40. The van der Waals surface area contributed by atoms with Crippen LogP contribution in [0.15, 0.2) is 16.7 Å². The van der Waals surface area contributed by atoms with E-state index >= 15 is 0 Å². The molecule has 1 fully saturated rings. The highest BCUT2D eigenvalue weighted by atomic mass is 79.9. The summed E-state index contributed by atoms with van der Waals surface area (Å²) in [6, 6.07) is 1.81. The van der Waals surface area contributed by atoms with Crippen molar-refractivity contribution in [3.8, 4) is 0 Å². The van der Waals surface area contributed by atoms with E-state index < -0.39 is 0 Å². The molecule has 1 aromatic rings. The van der Waals surface area contributed by atoms with Crippen molar-refractivity contribution in [3.63, 3.8) is 0 Å². The van der Waals surface area contributed by atoms with E-state index in [4.69, 9.17) is 0 Å². The zero-order valence-corrected chi connectivity index (χ0v) is 9.30. The van der Waals surface area contributed by atoms with Crippen molar-refractivity contribution in [1.29, 1.82) is 0 Å². The quantitative estimate of drug-likeness (QED) is 0.783. The summed E-state index contributed by atoms with van der Waals surface area (Å²) in [6.45, 7) is 3.34. The smallest absolute Gasteiger partial charge is 0.270 e. The van der Waals surface area contributed by atoms with Crippen molar-refractivity contribution < 1.29 is 4.79 Å². The third-order valence-corrected chi connectivity index (χ3v) is 2.74. The molecule has 0 aliphatic carbocycles. The van der Waals surface area contributed by atoms with E-state index in [9.17, 15) is 4.79 Å². The summed E-state index contributed by atoms with van der Waals surface area (Å²) in [4.78, 5) is 16.7. The molecular weight excluding hydrogens is 246 g/mol. The molecule has 0 radical (unpaired) electrons. The highest BCUT2D eigenvalue weighted by molar-refractivity contribution is 9.10. The minimum Gasteiger partial charge on any atom is -0.356 e. The van der Waals surface area contributed by atoms with Gasteiger partial charge in [0.25, 0.3) is 5.91 Å². The summed E-state index contributed by atoms with van der Waals surface area (Å²) >= 11 is 3.31. The molecule has 1 saturated heterocycles. The van der Waals surface area contributed by atoms with Gasteiger partial charge >= 0.3 is 0 Å². The van der Waals surface area contributed by atoms with Crippen LogP contribution in [-0.4, -0.2) is 42.0 Å². The Morgan fingerprint density at radius 2 is 2.14 bits per heavy atom. The van der Waals surface area contributed by atoms with E-state index in [0.717, 1.165) is 30.7 Å². The zero-order chi connectivity index (χ0) is 9.97. The van der Waals surface area contributed by atoms with Crippen LogP contribution in [0.25, 0.3) is 0 Å². The molecule has 76 valence electrons. The standard InChI is InChI=1S/C9H12BrN3O/c10-7-5-8(12-6-7)9(14)13-3-1-11-2-4-13/h5-6,11-12H,1-4H2. The van der Waals surface area contributed by atoms with Crippen LogP contribution in [-0.2, 0) is 0 Å². The van der Waals surface area contributed by atoms with Gasteiger partial charge in [-0.15, -0.1) is 0 Å².